The molecule has 0 spiro atoms. The van der Waals surface area contributed by atoms with Gasteiger partial charge in [0.05, 0.1) is 29.4 Å². The minimum atomic E-state index is -0.469. The van der Waals surface area contributed by atoms with Crippen LogP contribution in [0.25, 0.3) is 10.9 Å². The van der Waals surface area contributed by atoms with Crippen molar-refractivity contribution in [2.75, 3.05) is 52.4 Å². The number of amides is 1. The molecule has 2 aromatic rings. The minimum Gasteiger partial charge on any atom is -0.389 e. The Morgan fingerprint density at radius 1 is 1.19 bits per heavy atom. The lowest BCUT2D eigenvalue weighted by molar-refractivity contribution is -0.0585. The fourth-order valence-corrected chi connectivity index (χ4v) is 3.81. The largest absolute Gasteiger partial charge is 0.389 e. The smallest absolute Gasteiger partial charge is 0.252 e. The van der Waals surface area contributed by atoms with Crippen LogP contribution in [-0.2, 0) is 4.74 Å². The third-order valence-electron chi connectivity index (χ3n) is 5.45. The third kappa shape index (κ3) is 7.25. The van der Waals surface area contributed by atoms with E-state index < -0.39 is 6.10 Å². The van der Waals surface area contributed by atoms with Crippen LogP contribution in [0, 0.1) is 6.92 Å². The number of rotatable bonds is 8. The summed E-state index contributed by atoms with van der Waals surface area (Å²) >= 11 is 0. The molecule has 7 heteroatoms. The second kappa shape index (κ2) is 10.5. The molecule has 1 aromatic carbocycles. The van der Waals surface area contributed by atoms with Crippen LogP contribution in [0.1, 0.15) is 36.8 Å². The zero-order valence-electron chi connectivity index (χ0n) is 19.2. The Bertz CT molecular complexity index is 873. The number of nitrogens with zero attached hydrogens (tertiary/aromatic N) is 3. The van der Waals surface area contributed by atoms with Gasteiger partial charge in [0.1, 0.15) is 0 Å². The Labute approximate surface area is 185 Å². The highest BCUT2D eigenvalue weighted by Gasteiger charge is 2.21. The molecule has 2 heterocycles. The van der Waals surface area contributed by atoms with Gasteiger partial charge in [-0.25, -0.2) is 0 Å². The van der Waals surface area contributed by atoms with Crippen LogP contribution >= 0.6 is 0 Å². The second-order valence-corrected chi connectivity index (χ2v) is 9.30. The summed E-state index contributed by atoms with van der Waals surface area (Å²) in [5, 5.41) is 14.1. The Morgan fingerprint density at radius 3 is 2.58 bits per heavy atom. The number of para-hydroxylation sites is 1. The maximum atomic E-state index is 12.8. The lowest BCUT2D eigenvalue weighted by Gasteiger charge is -2.35. The molecular formula is C24H36N4O3. The maximum Gasteiger partial charge on any atom is 0.252 e. The zero-order valence-corrected chi connectivity index (χ0v) is 19.2. The topological polar surface area (TPSA) is 77.9 Å². The number of β-amino-alcohol motifs (C(OH)–C–C–N with tert-alkyl or cyclic N) is 1. The molecule has 0 aliphatic carbocycles. The Balaban J connectivity index is 1.40. The first-order valence-corrected chi connectivity index (χ1v) is 11.1. The molecule has 1 fully saturated rings. The number of carbonyl (C=O) groups excluding carboxylic acids is 1. The van der Waals surface area contributed by atoms with Gasteiger partial charge in [-0.05, 0) is 39.8 Å². The number of benzene rings is 1. The molecule has 1 aliphatic rings. The summed E-state index contributed by atoms with van der Waals surface area (Å²) in [5.74, 6) is -0.0534. The van der Waals surface area contributed by atoms with Crippen LogP contribution < -0.4 is 5.32 Å². The molecule has 7 nitrogen and oxygen atoms in total. The van der Waals surface area contributed by atoms with Gasteiger partial charge in [0.2, 0.25) is 0 Å². The molecule has 1 aliphatic heterocycles. The molecule has 0 bridgehead atoms. The first-order valence-electron chi connectivity index (χ1n) is 11.1. The first-order chi connectivity index (χ1) is 14.7. The van der Waals surface area contributed by atoms with Crippen LogP contribution in [0.2, 0.25) is 0 Å². The summed E-state index contributed by atoms with van der Waals surface area (Å²) in [6.45, 7) is 14.0. The Kier molecular flexibility index (Phi) is 8.00. The van der Waals surface area contributed by atoms with Crippen molar-refractivity contribution in [2.24, 2.45) is 0 Å². The van der Waals surface area contributed by atoms with E-state index in [4.69, 9.17) is 4.74 Å². The summed E-state index contributed by atoms with van der Waals surface area (Å²) in [7, 11) is 0. The second-order valence-electron chi connectivity index (χ2n) is 9.30. The average molecular weight is 429 g/mol. The van der Waals surface area contributed by atoms with Crippen LogP contribution in [0.4, 0.5) is 0 Å². The maximum absolute atomic E-state index is 12.8. The van der Waals surface area contributed by atoms with Crippen molar-refractivity contribution in [3.05, 3.63) is 41.6 Å². The van der Waals surface area contributed by atoms with Crippen molar-refractivity contribution in [3.63, 3.8) is 0 Å². The Hall–Kier alpha value is -2.06. The number of aliphatic hydroxyl groups is 1. The fourth-order valence-electron chi connectivity index (χ4n) is 3.81. The van der Waals surface area contributed by atoms with Crippen LogP contribution in [0.15, 0.2) is 30.3 Å². The van der Waals surface area contributed by atoms with Gasteiger partial charge < -0.3 is 15.2 Å². The molecule has 1 amide bonds. The van der Waals surface area contributed by atoms with E-state index in [-0.39, 0.29) is 11.5 Å². The number of nitrogens with one attached hydrogen (secondary N) is 1. The van der Waals surface area contributed by atoms with Crippen molar-refractivity contribution in [1.82, 2.24) is 20.1 Å². The molecule has 31 heavy (non-hydrogen) atoms. The average Bonchev–Trinajstić information content (AvgIpc) is 2.72. The molecule has 3 rings (SSSR count). The highest BCUT2D eigenvalue weighted by molar-refractivity contribution is 6.06. The van der Waals surface area contributed by atoms with Gasteiger partial charge in [-0.1, -0.05) is 18.2 Å². The fraction of sp³-hybridized carbons (Fsp3) is 0.583. The summed E-state index contributed by atoms with van der Waals surface area (Å²) in [6.07, 6.45) is -0.469. The van der Waals surface area contributed by atoms with E-state index in [1.807, 2.05) is 58.0 Å². The van der Waals surface area contributed by atoms with E-state index in [1.165, 1.54) is 0 Å². The molecule has 0 radical (unpaired) electrons. The molecular weight excluding hydrogens is 392 g/mol. The number of aromatic nitrogens is 1. The van der Waals surface area contributed by atoms with E-state index >= 15 is 0 Å². The highest BCUT2D eigenvalue weighted by atomic mass is 16.5. The number of fused-ring (bicyclic) bond motifs is 1. The lowest BCUT2D eigenvalue weighted by atomic mass is 10.1. The third-order valence-corrected chi connectivity index (χ3v) is 5.45. The van der Waals surface area contributed by atoms with Gasteiger partial charge >= 0.3 is 0 Å². The monoisotopic (exact) mass is 428 g/mol. The zero-order chi connectivity index (χ0) is 22.4. The van der Waals surface area contributed by atoms with Gasteiger partial charge in [0, 0.05) is 56.9 Å². The number of aliphatic hydroxyl groups excluding tert-OH is 1. The number of pyridine rings is 1. The van der Waals surface area contributed by atoms with Crippen molar-refractivity contribution in [1.29, 1.82) is 0 Å². The van der Waals surface area contributed by atoms with Gasteiger partial charge in [-0.3, -0.25) is 19.6 Å². The van der Waals surface area contributed by atoms with E-state index in [0.717, 1.165) is 49.3 Å². The summed E-state index contributed by atoms with van der Waals surface area (Å²) in [5.41, 5.74) is 2.14. The van der Waals surface area contributed by atoms with Crippen LogP contribution in [0.3, 0.4) is 0 Å². The van der Waals surface area contributed by atoms with Crippen molar-refractivity contribution < 1.29 is 14.6 Å². The van der Waals surface area contributed by atoms with Crippen molar-refractivity contribution in [3.8, 4) is 0 Å². The number of carbonyl (C=O) groups is 1. The lowest BCUT2D eigenvalue weighted by Crippen LogP contribution is -2.50. The molecule has 1 atom stereocenters. The standard InChI is InChI=1S/C24H36N4O3/c1-18-15-21(20-7-5-6-8-22(20)26-18)23(30)25-9-10-27-11-13-28(14-12-27)16-19(29)17-31-24(2,3)4/h5-8,15,19,29H,9-14,16-17H2,1-4H3,(H,25,30)/t19-/m1/s1. The number of piperazine rings is 1. The normalized spacial score (nSPS) is 17.1. The van der Waals surface area contributed by atoms with Gasteiger partial charge in [-0.15, -0.1) is 0 Å². The number of aryl methyl sites for hydroxylation is 1. The predicted molar refractivity (Wildman–Crippen MR) is 123 cm³/mol. The Morgan fingerprint density at radius 2 is 1.87 bits per heavy atom. The van der Waals surface area contributed by atoms with Crippen LogP contribution in [0.5, 0.6) is 0 Å². The molecule has 0 saturated carbocycles. The number of hydrogen-bond donors (Lipinski definition) is 2. The van der Waals surface area contributed by atoms with E-state index in [2.05, 4.69) is 20.1 Å². The minimum absolute atomic E-state index is 0.0534. The SMILES string of the molecule is Cc1cc(C(=O)NCCN2CCN(C[C@@H](O)COC(C)(C)C)CC2)c2ccccc2n1. The number of hydrogen-bond acceptors (Lipinski definition) is 6. The van der Waals surface area contributed by atoms with Gasteiger partial charge in [0.15, 0.2) is 0 Å². The summed E-state index contributed by atoms with van der Waals surface area (Å²) < 4.78 is 5.67. The molecule has 0 unspecified atom stereocenters. The van der Waals surface area contributed by atoms with E-state index in [0.29, 0.717) is 25.3 Å². The molecule has 170 valence electrons. The quantitative estimate of drug-likeness (QED) is 0.670. The van der Waals surface area contributed by atoms with Crippen molar-refractivity contribution in [2.45, 2.75) is 39.4 Å². The summed E-state index contributed by atoms with van der Waals surface area (Å²) in [4.78, 5) is 21.9. The molecule has 1 saturated heterocycles. The highest BCUT2D eigenvalue weighted by Crippen LogP contribution is 2.18. The van der Waals surface area contributed by atoms with Gasteiger partial charge in [-0.2, -0.15) is 0 Å². The van der Waals surface area contributed by atoms with E-state index in [9.17, 15) is 9.90 Å². The van der Waals surface area contributed by atoms with Gasteiger partial charge in [0.25, 0.3) is 5.91 Å². The molecule has 2 N–H and O–H groups in total. The van der Waals surface area contributed by atoms with E-state index in [1.54, 1.807) is 0 Å². The van der Waals surface area contributed by atoms with Crippen LogP contribution in [-0.4, -0.2) is 89.9 Å². The first kappa shape index (κ1) is 23.6. The predicted octanol–water partition coefficient (Wildman–Crippen LogP) is 2.07. The molecule has 1 aromatic heterocycles. The summed E-state index contributed by atoms with van der Waals surface area (Å²) in [6, 6.07) is 9.60. The number of ether oxygens (including phenoxy) is 1. The van der Waals surface area contributed by atoms with Crippen molar-refractivity contribution >= 4 is 16.8 Å².